The lowest BCUT2D eigenvalue weighted by molar-refractivity contribution is 0.227. The number of carbonyl (C=O) groups is 1. The van der Waals surface area contributed by atoms with Crippen molar-refractivity contribution < 1.29 is 13.2 Å². The van der Waals surface area contributed by atoms with Gasteiger partial charge in [0.2, 0.25) is 10.0 Å². The highest BCUT2D eigenvalue weighted by molar-refractivity contribution is 7.89. The van der Waals surface area contributed by atoms with E-state index in [2.05, 4.69) is 15.6 Å². The zero-order valence-electron chi connectivity index (χ0n) is 16.9. The summed E-state index contributed by atoms with van der Waals surface area (Å²) in [6, 6.07) is 16.6. The van der Waals surface area contributed by atoms with Gasteiger partial charge < -0.3 is 15.6 Å². The molecule has 0 unspecified atom stereocenters. The number of carbonyl (C=O) groups excluding carboxylic acids is 1. The van der Waals surface area contributed by atoms with Crippen molar-refractivity contribution in [2.24, 2.45) is 0 Å². The second-order valence-corrected chi connectivity index (χ2v) is 9.64. The van der Waals surface area contributed by atoms with Crippen LogP contribution in [0.25, 0.3) is 10.9 Å². The molecule has 0 saturated carbocycles. The Morgan fingerprint density at radius 2 is 1.80 bits per heavy atom. The second kappa shape index (κ2) is 8.49. The van der Waals surface area contributed by atoms with Crippen molar-refractivity contribution in [3.63, 3.8) is 0 Å². The topological polar surface area (TPSA) is 94.3 Å². The van der Waals surface area contributed by atoms with Crippen LogP contribution < -0.4 is 10.6 Å². The number of sulfonamides is 1. The molecule has 1 aromatic heterocycles. The summed E-state index contributed by atoms with van der Waals surface area (Å²) in [5.74, 6) is 0. The van der Waals surface area contributed by atoms with Gasteiger partial charge in [-0.15, -0.1) is 0 Å². The van der Waals surface area contributed by atoms with E-state index in [0.717, 1.165) is 22.2 Å². The van der Waals surface area contributed by atoms with Gasteiger partial charge in [-0.1, -0.05) is 35.9 Å². The van der Waals surface area contributed by atoms with E-state index in [-0.39, 0.29) is 12.1 Å². The number of benzene rings is 2. The van der Waals surface area contributed by atoms with Gasteiger partial charge in [-0.25, -0.2) is 13.2 Å². The lowest BCUT2D eigenvalue weighted by Crippen LogP contribution is -2.48. The minimum atomic E-state index is -3.49. The van der Waals surface area contributed by atoms with E-state index in [9.17, 15) is 13.2 Å². The fourth-order valence-corrected chi connectivity index (χ4v) is 5.21. The Morgan fingerprint density at radius 3 is 2.50 bits per heavy atom. The molecule has 0 bridgehead atoms. The number of hydrogen-bond acceptors (Lipinski definition) is 3. The number of fused-ring (bicyclic) bond motifs is 1. The molecule has 8 heteroatoms. The van der Waals surface area contributed by atoms with Crippen LogP contribution in [0.4, 0.5) is 4.79 Å². The molecule has 1 aliphatic rings. The number of para-hydroxylation sites is 1. The second-order valence-electron chi connectivity index (χ2n) is 7.70. The number of nitrogens with zero attached hydrogens (tertiary/aromatic N) is 1. The average molecular weight is 427 g/mol. The van der Waals surface area contributed by atoms with E-state index in [0.29, 0.717) is 37.4 Å². The van der Waals surface area contributed by atoms with Crippen molar-refractivity contribution >= 4 is 27.0 Å². The number of hydrogen-bond donors (Lipinski definition) is 3. The number of nitrogens with one attached hydrogen (secondary N) is 3. The Kier molecular flexibility index (Phi) is 5.78. The smallest absolute Gasteiger partial charge is 0.315 e. The Hall–Kier alpha value is -2.84. The molecule has 2 heterocycles. The number of H-pyrrole nitrogens is 1. The zero-order chi connectivity index (χ0) is 21.1. The third kappa shape index (κ3) is 4.49. The molecule has 1 aliphatic heterocycles. The van der Waals surface area contributed by atoms with Gasteiger partial charge in [0.15, 0.2) is 0 Å². The van der Waals surface area contributed by atoms with E-state index in [1.54, 1.807) is 24.3 Å². The quantitative estimate of drug-likeness (QED) is 0.585. The maximum Gasteiger partial charge on any atom is 0.315 e. The number of aryl methyl sites for hydroxylation is 1. The maximum atomic E-state index is 12.8. The van der Waals surface area contributed by atoms with Crippen molar-refractivity contribution in [1.82, 2.24) is 19.9 Å². The number of rotatable bonds is 5. The molecular formula is C22H26N4O3S. The molecule has 3 aromatic rings. The van der Waals surface area contributed by atoms with Crippen LogP contribution in [0, 0.1) is 6.92 Å². The Bertz CT molecular complexity index is 1100. The predicted molar refractivity (Wildman–Crippen MR) is 117 cm³/mol. The lowest BCUT2D eigenvalue weighted by atomic mass is 10.1. The van der Waals surface area contributed by atoms with Gasteiger partial charge in [-0.05, 0) is 49.4 Å². The Morgan fingerprint density at radius 1 is 1.10 bits per heavy atom. The first-order valence-corrected chi connectivity index (χ1v) is 11.5. The van der Waals surface area contributed by atoms with Gasteiger partial charge in [0.25, 0.3) is 0 Å². The standard InChI is InChI=1S/C22H26N4O3S/c1-16-6-8-20(9-7-16)30(28,29)26-12-10-18(11-13-26)25-22(27)23-15-19-14-17-4-2-3-5-21(17)24-19/h2-9,14,18,24H,10-13,15H2,1H3,(H2,23,25,27). The van der Waals surface area contributed by atoms with Gasteiger partial charge in [0, 0.05) is 30.3 Å². The molecule has 2 amide bonds. The van der Waals surface area contributed by atoms with Crippen molar-refractivity contribution in [1.29, 1.82) is 0 Å². The Labute approximate surface area is 176 Å². The number of piperidine rings is 1. The van der Waals surface area contributed by atoms with Crippen LogP contribution in [0.2, 0.25) is 0 Å². The van der Waals surface area contributed by atoms with Crippen LogP contribution in [-0.2, 0) is 16.6 Å². The molecule has 1 saturated heterocycles. The van der Waals surface area contributed by atoms with Crippen LogP contribution in [0.5, 0.6) is 0 Å². The van der Waals surface area contributed by atoms with Crippen LogP contribution in [-0.4, -0.2) is 42.9 Å². The summed E-state index contributed by atoms with van der Waals surface area (Å²) in [5, 5.41) is 6.93. The largest absolute Gasteiger partial charge is 0.357 e. The summed E-state index contributed by atoms with van der Waals surface area (Å²) in [4.78, 5) is 15.9. The van der Waals surface area contributed by atoms with E-state index in [4.69, 9.17) is 0 Å². The highest BCUT2D eigenvalue weighted by Gasteiger charge is 2.29. The Balaban J connectivity index is 1.27. The average Bonchev–Trinajstić information content (AvgIpc) is 3.16. The van der Waals surface area contributed by atoms with Gasteiger partial charge in [0.05, 0.1) is 11.4 Å². The summed E-state index contributed by atoms with van der Waals surface area (Å²) < 4.78 is 27.1. The molecule has 4 rings (SSSR count). The first-order chi connectivity index (χ1) is 14.4. The van der Waals surface area contributed by atoms with Crippen LogP contribution >= 0.6 is 0 Å². The summed E-state index contributed by atoms with van der Waals surface area (Å²) >= 11 is 0. The van der Waals surface area contributed by atoms with Crippen LogP contribution in [0.1, 0.15) is 24.1 Å². The molecule has 0 atom stereocenters. The van der Waals surface area contributed by atoms with Crippen molar-refractivity contribution in [2.45, 2.75) is 37.2 Å². The summed E-state index contributed by atoms with van der Waals surface area (Å²) in [6.07, 6.45) is 1.18. The molecule has 0 aliphatic carbocycles. The molecule has 30 heavy (non-hydrogen) atoms. The van der Waals surface area contributed by atoms with Gasteiger partial charge in [-0.2, -0.15) is 4.31 Å². The number of urea groups is 1. The fraction of sp³-hybridized carbons (Fsp3) is 0.318. The maximum absolute atomic E-state index is 12.8. The molecule has 158 valence electrons. The van der Waals surface area contributed by atoms with Crippen LogP contribution in [0.15, 0.2) is 59.5 Å². The van der Waals surface area contributed by atoms with Crippen LogP contribution in [0.3, 0.4) is 0 Å². The van der Waals surface area contributed by atoms with Crippen molar-refractivity contribution in [2.75, 3.05) is 13.1 Å². The number of amides is 2. The van der Waals surface area contributed by atoms with Gasteiger partial charge in [0.1, 0.15) is 0 Å². The highest BCUT2D eigenvalue weighted by atomic mass is 32.2. The minimum absolute atomic E-state index is 0.0443. The van der Waals surface area contributed by atoms with Gasteiger partial charge >= 0.3 is 6.03 Å². The van der Waals surface area contributed by atoms with E-state index in [1.165, 1.54) is 4.31 Å². The highest BCUT2D eigenvalue weighted by Crippen LogP contribution is 2.21. The zero-order valence-corrected chi connectivity index (χ0v) is 17.7. The van der Waals surface area contributed by atoms with Gasteiger partial charge in [-0.3, -0.25) is 0 Å². The monoisotopic (exact) mass is 426 g/mol. The number of aromatic amines is 1. The lowest BCUT2D eigenvalue weighted by Gasteiger charge is -2.31. The molecule has 2 aromatic carbocycles. The number of aromatic nitrogens is 1. The molecule has 3 N–H and O–H groups in total. The summed E-state index contributed by atoms with van der Waals surface area (Å²) in [7, 11) is -3.49. The van der Waals surface area contributed by atoms with E-state index in [1.807, 2.05) is 37.3 Å². The molecule has 0 radical (unpaired) electrons. The molecule has 0 spiro atoms. The van der Waals surface area contributed by atoms with Crippen molar-refractivity contribution in [3.8, 4) is 0 Å². The fourth-order valence-electron chi connectivity index (χ4n) is 3.74. The molecule has 1 fully saturated rings. The first-order valence-electron chi connectivity index (χ1n) is 10.1. The van der Waals surface area contributed by atoms with E-state index < -0.39 is 10.0 Å². The van der Waals surface area contributed by atoms with E-state index >= 15 is 0 Å². The third-order valence-electron chi connectivity index (χ3n) is 5.47. The third-order valence-corrected chi connectivity index (χ3v) is 7.39. The SMILES string of the molecule is Cc1ccc(S(=O)(=O)N2CCC(NC(=O)NCc3cc4ccccc4[nH]3)CC2)cc1. The molecular weight excluding hydrogens is 400 g/mol. The summed E-state index contributed by atoms with van der Waals surface area (Å²) in [5.41, 5.74) is 3.00. The normalized spacial score (nSPS) is 15.9. The summed E-state index contributed by atoms with van der Waals surface area (Å²) in [6.45, 7) is 3.12. The molecule has 7 nitrogen and oxygen atoms in total. The predicted octanol–water partition coefficient (Wildman–Crippen LogP) is 3.13. The minimum Gasteiger partial charge on any atom is -0.357 e. The van der Waals surface area contributed by atoms with Crippen molar-refractivity contribution in [3.05, 3.63) is 65.9 Å². The first kappa shape index (κ1) is 20.4.